The van der Waals surface area contributed by atoms with Crippen LogP contribution in [0.3, 0.4) is 0 Å². The molecule has 1 N–H and O–H groups in total. The van der Waals surface area contributed by atoms with Gasteiger partial charge in [0.25, 0.3) is 0 Å². The molecule has 0 radical (unpaired) electrons. The maximum atomic E-state index is 11.4. The van der Waals surface area contributed by atoms with E-state index in [1.54, 1.807) is 4.68 Å². The lowest BCUT2D eigenvalue weighted by Gasteiger charge is -2.23. The van der Waals surface area contributed by atoms with Gasteiger partial charge in [0.1, 0.15) is 0 Å². The van der Waals surface area contributed by atoms with E-state index in [0.717, 1.165) is 23.8 Å². The first-order valence-corrected chi connectivity index (χ1v) is 8.09. The Morgan fingerprint density at radius 1 is 1.55 bits per heavy atom. The summed E-state index contributed by atoms with van der Waals surface area (Å²) in [5.41, 5.74) is -0.0273. The second-order valence-electron chi connectivity index (χ2n) is 6.58. The Bertz CT molecular complexity index is 463. The number of aliphatic carboxylic acids is 1. The molecule has 1 aliphatic rings. The summed E-state index contributed by atoms with van der Waals surface area (Å²) in [6, 6.07) is 0. The molecule has 112 valence electrons. The highest BCUT2D eigenvalue weighted by molar-refractivity contribution is 7.99. The van der Waals surface area contributed by atoms with Crippen LogP contribution in [0.2, 0.25) is 0 Å². The number of rotatable bonds is 5. The number of tetrazole rings is 1. The van der Waals surface area contributed by atoms with E-state index in [1.165, 1.54) is 0 Å². The molecule has 0 saturated carbocycles. The Kier molecular flexibility index (Phi) is 4.67. The lowest BCUT2D eigenvalue weighted by atomic mass is 9.84. The summed E-state index contributed by atoms with van der Waals surface area (Å²) in [6.07, 6.45) is 1.68. The molecule has 1 aliphatic heterocycles. The second-order valence-corrected chi connectivity index (χ2v) is 7.73. The summed E-state index contributed by atoms with van der Waals surface area (Å²) in [5, 5.41) is 21.2. The van der Waals surface area contributed by atoms with Gasteiger partial charge in [-0.2, -0.15) is 11.8 Å². The van der Waals surface area contributed by atoms with Crippen molar-refractivity contribution in [2.45, 2.75) is 46.1 Å². The molecule has 0 aromatic carbocycles. The highest BCUT2D eigenvalue weighted by Crippen LogP contribution is 2.31. The van der Waals surface area contributed by atoms with Crippen LogP contribution in [0, 0.1) is 11.3 Å². The van der Waals surface area contributed by atoms with Crippen molar-refractivity contribution in [3.05, 3.63) is 5.82 Å². The standard InChI is InChI=1S/C13H22N4O2S/c1-13(2,3)6-10(12(18)19)7-17-11(14-15-16-17)9-4-5-20-8-9/h9-10H,4-8H2,1-3H3,(H,18,19). The number of aromatic nitrogens is 4. The normalized spacial score (nSPS) is 21.1. The average molecular weight is 298 g/mol. The third-order valence-electron chi connectivity index (χ3n) is 3.46. The van der Waals surface area contributed by atoms with Crippen molar-refractivity contribution in [2.24, 2.45) is 11.3 Å². The zero-order valence-electron chi connectivity index (χ0n) is 12.2. The van der Waals surface area contributed by atoms with Crippen LogP contribution in [0.25, 0.3) is 0 Å². The fraction of sp³-hybridized carbons (Fsp3) is 0.846. The molecule has 0 aliphatic carbocycles. The van der Waals surface area contributed by atoms with Gasteiger partial charge in [-0.1, -0.05) is 20.8 Å². The van der Waals surface area contributed by atoms with Gasteiger partial charge in [-0.15, -0.1) is 5.10 Å². The third-order valence-corrected chi connectivity index (χ3v) is 4.62. The number of carboxylic acid groups (broad SMARTS) is 1. The average Bonchev–Trinajstić information content (AvgIpc) is 2.94. The van der Waals surface area contributed by atoms with Crippen molar-refractivity contribution >= 4 is 17.7 Å². The Hall–Kier alpha value is -1.11. The summed E-state index contributed by atoms with van der Waals surface area (Å²) in [5.74, 6) is 2.13. The van der Waals surface area contributed by atoms with E-state index in [4.69, 9.17) is 0 Å². The van der Waals surface area contributed by atoms with Crippen molar-refractivity contribution in [1.82, 2.24) is 20.2 Å². The summed E-state index contributed by atoms with van der Waals surface area (Å²) in [7, 11) is 0. The minimum Gasteiger partial charge on any atom is -0.481 e. The molecule has 7 heteroatoms. The molecule has 2 rings (SSSR count). The molecule has 0 bridgehead atoms. The first-order valence-electron chi connectivity index (χ1n) is 6.93. The quantitative estimate of drug-likeness (QED) is 0.896. The van der Waals surface area contributed by atoms with Gasteiger partial charge in [-0.05, 0) is 34.4 Å². The Labute approximate surface area is 123 Å². The molecule has 2 atom stereocenters. The molecule has 0 amide bonds. The zero-order valence-corrected chi connectivity index (χ0v) is 13.1. The van der Waals surface area contributed by atoms with Crippen LogP contribution >= 0.6 is 11.8 Å². The number of thioether (sulfide) groups is 1. The van der Waals surface area contributed by atoms with E-state index in [0.29, 0.717) is 18.9 Å². The predicted molar refractivity (Wildman–Crippen MR) is 77.7 cm³/mol. The van der Waals surface area contributed by atoms with Crippen molar-refractivity contribution < 1.29 is 9.90 Å². The highest BCUT2D eigenvalue weighted by Gasteiger charge is 2.29. The van der Waals surface area contributed by atoms with E-state index in [1.807, 2.05) is 11.8 Å². The topological polar surface area (TPSA) is 80.9 Å². The number of carbonyl (C=O) groups is 1. The molecule has 1 aromatic heterocycles. The van der Waals surface area contributed by atoms with Crippen LogP contribution in [0.15, 0.2) is 0 Å². The van der Waals surface area contributed by atoms with E-state index < -0.39 is 11.9 Å². The second kappa shape index (κ2) is 6.11. The first-order chi connectivity index (χ1) is 9.37. The molecule has 0 spiro atoms. The van der Waals surface area contributed by atoms with Gasteiger partial charge in [0.2, 0.25) is 0 Å². The highest BCUT2D eigenvalue weighted by atomic mass is 32.2. The molecule has 1 fully saturated rings. The molecule has 1 saturated heterocycles. The number of hydrogen-bond acceptors (Lipinski definition) is 5. The van der Waals surface area contributed by atoms with E-state index in [9.17, 15) is 9.90 Å². The summed E-state index contributed by atoms with van der Waals surface area (Å²) in [4.78, 5) is 11.4. The lowest BCUT2D eigenvalue weighted by molar-refractivity contribution is -0.143. The number of nitrogens with zero attached hydrogens (tertiary/aromatic N) is 4. The predicted octanol–water partition coefficient (Wildman–Crippen LogP) is 2.03. The fourth-order valence-corrected chi connectivity index (χ4v) is 3.77. The Balaban J connectivity index is 2.10. The van der Waals surface area contributed by atoms with Crippen LogP contribution < -0.4 is 0 Å². The van der Waals surface area contributed by atoms with Crippen LogP contribution in [-0.4, -0.2) is 42.8 Å². The SMILES string of the molecule is CC(C)(C)CC(Cn1nnnc1C1CCSC1)C(=O)O. The van der Waals surface area contributed by atoms with Gasteiger partial charge in [0, 0.05) is 11.7 Å². The number of hydrogen-bond donors (Lipinski definition) is 1. The van der Waals surface area contributed by atoms with Crippen LogP contribution in [0.1, 0.15) is 45.4 Å². The molecular formula is C13H22N4O2S. The van der Waals surface area contributed by atoms with Gasteiger partial charge in [0.05, 0.1) is 12.5 Å². The monoisotopic (exact) mass is 298 g/mol. The van der Waals surface area contributed by atoms with Crippen molar-refractivity contribution in [3.8, 4) is 0 Å². The van der Waals surface area contributed by atoms with Crippen molar-refractivity contribution in [3.63, 3.8) is 0 Å². The van der Waals surface area contributed by atoms with Crippen LogP contribution in [0.5, 0.6) is 0 Å². The lowest BCUT2D eigenvalue weighted by Crippen LogP contribution is -2.27. The third kappa shape index (κ3) is 3.94. The maximum Gasteiger partial charge on any atom is 0.308 e. The molecule has 6 nitrogen and oxygen atoms in total. The molecular weight excluding hydrogens is 276 g/mol. The van der Waals surface area contributed by atoms with Crippen molar-refractivity contribution in [2.75, 3.05) is 11.5 Å². The largest absolute Gasteiger partial charge is 0.481 e. The minimum absolute atomic E-state index is 0.0273. The van der Waals surface area contributed by atoms with Gasteiger partial charge in [-0.3, -0.25) is 4.79 Å². The van der Waals surface area contributed by atoms with E-state index in [2.05, 4.69) is 36.3 Å². The number of carboxylic acids is 1. The minimum atomic E-state index is -0.776. The molecule has 2 unspecified atom stereocenters. The maximum absolute atomic E-state index is 11.4. The van der Waals surface area contributed by atoms with Crippen molar-refractivity contribution in [1.29, 1.82) is 0 Å². The van der Waals surface area contributed by atoms with Gasteiger partial charge >= 0.3 is 5.97 Å². The summed E-state index contributed by atoms with van der Waals surface area (Å²) in [6.45, 7) is 6.52. The van der Waals surface area contributed by atoms with Gasteiger partial charge in [-0.25, -0.2) is 4.68 Å². The summed E-state index contributed by atoms with van der Waals surface area (Å²) < 4.78 is 1.70. The Morgan fingerprint density at radius 3 is 2.85 bits per heavy atom. The zero-order chi connectivity index (χ0) is 14.8. The molecule has 2 heterocycles. The fourth-order valence-electron chi connectivity index (χ4n) is 2.55. The summed E-state index contributed by atoms with van der Waals surface area (Å²) >= 11 is 1.90. The molecule has 20 heavy (non-hydrogen) atoms. The van der Waals surface area contributed by atoms with E-state index in [-0.39, 0.29) is 5.41 Å². The van der Waals surface area contributed by atoms with Gasteiger partial charge < -0.3 is 5.11 Å². The van der Waals surface area contributed by atoms with Crippen LogP contribution in [0.4, 0.5) is 0 Å². The van der Waals surface area contributed by atoms with Crippen LogP contribution in [-0.2, 0) is 11.3 Å². The Morgan fingerprint density at radius 2 is 2.30 bits per heavy atom. The molecule has 1 aromatic rings. The van der Waals surface area contributed by atoms with Gasteiger partial charge in [0.15, 0.2) is 5.82 Å². The smallest absolute Gasteiger partial charge is 0.308 e. The first kappa shape index (κ1) is 15.3. The van der Waals surface area contributed by atoms with E-state index >= 15 is 0 Å².